The van der Waals surface area contributed by atoms with E-state index in [4.69, 9.17) is 6.42 Å². The quantitative estimate of drug-likeness (QED) is 0.809. The molecule has 2 N–H and O–H groups in total. The van der Waals surface area contributed by atoms with Gasteiger partial charge in [0.25, 0.3) is 5.91 Å². The van der Waals surface area contributed by atoms with Gasteiger partial charge in [0.05, 0.1) is 29.8 Å². The van der Waals surface area contributed by atoms with Gasteiger partial charge in [-0.25, -0.2) is 8.78 Å². The number of hydrogen-bond acceptors (Lipinski definition) is 4. The molecule has 2 heterocycles. The molecule has 3 rings (SSSR count). The lowest BCUT2D eigenvalue weighted by Crippen LogP contribution is -2.59. The minimum absolute atomic E-state index is 0.0329. The van der Waals surface area contributed by atoms with E-state index in [9.17, 15) is 13.6 Å². The Morgan fingerprint density at radius 1 is 1.31 bits per heavy atom. The van der Waals surface area contributed by atoms with Crippen LogP contribution in [0.2, 0.25) is 0 Å². The van der Waals surface area contributed by atoms with Crippen LogP contribution in [0.1, 0.15) is 22.8 Å². The summed E-state index contributed by atoms with van der Waals surface area (Å²) in [7, 11) is 0. The van der Waals surface area contributed by atoms with Gasteiger partial charge in [-0.15, -0.1) is 6.42 Å². The number of likely N-dealkylation sites (N-methyl/N-ethyl adjacent to an activating group) is 1. The van der Waals surface area contributed by atoms with Crippen molar-refractivity contribution >= 4 is 17.3 Å². The van der Waals surface area contributed by atoms with E-state index in [1.165, 1.54) is 18.3 Å². The minimum Gasteiger partial charge on any atom is -0.351 e. The van der Waals surface area contributed by atoms with Gasteiger partial charge in [0, 0.05) is 18.7 Å². The van der Waals surface area contributed by atoms with Crippen molar-refractivity contribution in [3.05, 3.63) is 53.4 Å². The number of terminal acetylenes is 1. The van der Waals surface area contributed by atoms with Gasteiger partial charge in [-0.1, -0.05) is 12.8 Å². The standard InChI is InChI=1S/C19H18F2N4O/c1-3-12-5-6-16(14(20)7-12)24-17-9-22-8-15(21)18(17)19(26)23-13-10-25(4-2)11-13/h1,5-9,13,24H,4,10-11H2,2H3,(H,23,26). The highest BCUT2D eigenvalue weighted by Gasteiger charge is 2.28. The van der Waals surface area contributed by atoms with E-state index in [0.717, 1.165) is 25.8 Å². The van der Waals surface area contributed by atoms with Crippen molar-refractivity contribution in [3.8, 4) is 12.3 Å². The second-order valence-electron chi connectivity index (χ2n) is 6.03. The highest BCUT2D eigenvalue weighted by atomic mass is 19.1. The minimum atomic E-state index is -0.778. The summed E-state index contributed by atoms with van der Waals surface area (Å²) < 4.78 is 28.4. The summed E-state index contributed by atoms with van der Waals surface area (Å²) in [5.74, 6) is 0.390. The van der Waals surface area contributed by atoms with E-state index in [2.05, 4.69) is 26.4 Å². The number of hydrogen-bond donors (Lipinski definition) is 2. The van der Waals surface area contributed by atoms with Crippen molar-refractivity contribution in [1.29, 1.82) is 0 Å². The first-order valence-corrected chi connectivity index (χ1v) is 8.21. The lowest BCUT2D eigenvalue weighted by molar-refractivity contribution is 0.0821. The average molecular weight is 356 g/mol. The molecule has 0 radical (unpaired) electrons. The number of pyridine rings is 1. The van der Waals surface area contributed by atoms with Crippen molar-refractivity contribution in [2.75, 3.05) is 25.0 Å². The van der Waals surface area contributed by atoms with Gasteiger partial charge >= 0.3 is 0 Å². The Morgan fingerprint density at radius 2 is 2.08 bits per heavy atom. The Hall–Kier alpha value is -2.98. The van der Waals surface area contributed by atoms with Gasteiger partial charge in [-0.2, -0.15) is 0 Å². The van der Waals surface area contributed by atoms with Gasteiger partial charge in [0.2, 0.25) is 0 Å². The Morgan fingerprint density at radius 3 is 2.73 bits per heavy atom. The topological polar surface area (TPSA) is 57.3 Å². The number of nitrogens with one attached hydrogen (secondary N) is 2. The molecule has 5 nitrogen and oxygen atoms in total. The van der Waals surface area contributed by atoms with Crippen LogP contribution in [0.5, 0.6) is 0 Å². The number of rotatable bonds is 5. The van der Waals surface area contributed by atoms with Crippen LogP contribution in [0.15, 0.2) is 30.6 Å². The van der Waals surface area contributed by atoms with Gasteiger partial charge in [0.15, 0.2) is 5.82 Å². The third-order valence-electron chi connectivity index (χ3n) is 4.27. The van der Waals surface area contributed by atoms with E-state index in [-0.39, 0.29) is 23.0 Å². The zero-order valence-corrected chi connectivity index (χ0v) is 14.2. The molecular weight excluding hydrogens is 338 g/mol. The maximum atomic E-state index is 14.2. The molecule has 1 saturated heterocycles. The van der Waals surface area contributed by atoms with Crippen LogP contribution in [-0.4, -0.2) is 41.5 Å². The van der Waals surface area contributed by atoms with Crippen molar-refractivity contribution in [2.45, 2.75) is 13.0 Å². The number of benzene rings is 1. The number of nitrogens with zero attached hydrogens (tertiary/aromatic N) is 2. The number of anilines is 2. The second kappa shape index (κ2) is 7.50. The molecule has 1 aromatic carbocycles. The van der Waals surface area contributed by atoms with Crippen LogP contribution in [0, 0.1) is 24.0 Å². The summed E-state index contributed by atoms with van der Waals surface area (Å²) in [6.45, 7) is 4.37. The predicted molar refractivity (Wildman–Crippen MR) is 95.2 cm³/mol. The predicted octanol–water partition coefficient (Wildman–Crippen LogP) is 2.52. The van der Waals surface area contributed by atoms with Crippen LogP contribution < -0.4 is 10.6 Å². The van der Waals surface area contributed by atoms with E-state index < -0.39 is 17.5 Å². The van der Waals surface area contributed by atoms with Crippen molar-refractivity contribution < 1.29 is 13.6 Å². The first-order valence-electron chi connectivity index (χ1n) is 8.21. The Kier molecular flexibility index (Phi) is 5.14. The van der Waals surface area contributed by atoms with Gasteiger partial charge in [0.1, 0.15) is 11.4 Å². The summed E-state index contributed by atoms with van der Waals surface area (Å²) in [6, 6.07) is 4.13. The van der Waals surface area contributed by atoms with Gasteiger partial charge in [-0.05, 0) is 24.7 Å². The molecule has 0 saturated carbocycles. The lowest BCUT2D eigenvalue weighted by Gasteiger charge is -2.38. The van der Waals surface area contributed by atoms with Crippen LogP contribution >= 0.6 is 0 Å². The molecule has 0 atom stereocenters. The van der Waals surface area contributed by atoms with Gasteiger partial charge in [-0.3, -0.25) is 14.7 Å². The molecule has 1 aliphatic rings. The molecule has 0 spiro atoms. The Balaban J connectivity index is 1.81. The van der Waals surface area contributed by atoms with E-state index in [1.807, 2.05) is 6.92 Å². The normalized spacial score (nSPS) is 14.4. The van der Waals surface area contributed by atoms with E-state index in [1.54, 1.807) is 6.07 Å². The lowest BCUT2D eigenvalue weighted by atomic mass is 10.1. The van der Waals surface area contributed by atoms with Crippen LogP contribution in [-0.2, 0) is 0 Å². The first-order chi connectivity index (χ1) is 12.5. The molecule has 0 unspecified atom stereocenters. The molecular formula is C19H18F2N4O. The molecule has 7 heteroatoms. The first kappa shape index (κ1) is 17.8. The molecule has 1 aliphatic heterocycles. The monoisotopic (exact) mass is 356 g/mol. The molecule has 1 amide bonds. The number of carbonyl (C=O) groups is 1. The highest BCUT2D eigenvalue weighted by molar-refractivity contribution is 6.00. The largest absolute Gasteiger partial charge is 0.351 e. The fourth-order valence-corrected chi connectivity index (χ4v) is 2.79. The van der Waals surface area contributed by atoms with Crippen molar-refractivity contribution in [3.63, 3.8) is 0 Å². The Bertz CT molecular complexity index is 872. The molecule has 0 bridgehead atoms. The number of halogens is 2. The number of aromatic nitrogens is 1. The molecule has 134 valence electrons. The van der Waals surface area contributed by atoms with Crippen molar-refractivity contribution in [2.24, 2.45) is 0 Å². The maximum absolute atomic E-state index is 14.2. The zero-order chi connectivity index (χ0) is 18.7. The molecule has 26 heavy (non-hydrogen) atoms. The SMILES string of the molecule is C#Cc1ccc(Nc2cncc(F)c2C(=O)NC2CN(CC)C2)c(F)c1. The molecule has 1 aromatic heterocycles. The average Bonchev–Trinajstić information content (AvgIpc) is 2.59. The number of carbonyl (C=O) groups excluding carboxylic acids is 1. The molecule has 0 aliphatic carbocycles. The fourth-order valence-electron chi connectivity index (χ4n) is 2.79. The Labute approximate surface area is 150 Å². The van der Waals surface area contributed by atoms with E-state index >= 15 is 0 Å². The summed E-state index contributed by atoms with van der Waals surface area (Å²) >= 11 is 0. The molecule has 2 aromatic rings. The summed E-state index contributed by atoms with van der Waals surface area (Å²) in [4.78, 5) is 18.4. The summed E-state index contributed by atoms with van der Waals surface area (Å²) in [5.41, 5.74) is 0.344. The van der Waals surface area contributed by atoms with Crippen LogP contribution in [0.25, 0.3) is 0 Å². The highest BCUT2D eigenvalue weighted by Crippen LogP contribution is 2.25. The zero-order valence-electron chi connectivity index (χ0n) is 14.2. The number of likely N-dealkylation sites (tertiary alicyclic amines) is 1. The third-order valence-corrected chi connectivity index (χ3v) is 4.27. The third kappa shape index (κ3) is 3.65. The van der Waals surface area contributed by atoms with Gasteiger partial charge < -0.3 is 10.6 Å². The van der Waals surface area contributed by atoms with Crippen LogP contribution in [0.4, 0.5) is 20.2 Å². The van der Waals surface area contributed by atoms with Crippen LogP contribution in [0.3, 0.4) is 0 Å². The maximum Gasteiger partial charge on any atom is 0.256 e. The second-order valence-corrected chi connectivity index (χ2v) is 6.03. The van der Waals surface area contributed by atoms with E-state index in [0.29, 0.717) is 5.56 Å². The molecule has 1 fully saturated rings. The van der Waals surface area contributed by atoms with Crippen molar-refractivity contribution in [1.82, 2.24) is 15.2 Å². The summed E-state index contributed by atoms with van der Waals surface area (Å²) in [5, 5.41) is 5.51. The number of amides is 1. The summed E-state index contributed by atoms with van der Waals surface area (Å²) in [6.07, 6.45) is 7.48. The fraction of sp³-hybridized carbons (Fsp3) is 0.263. The smallest absolute Gasteiger partial charge is 0.256 e.